The second-order valence-corrected chi connectivity index (χ2v) is 5.82. The molecular weight excluding hydrogens is 312 g/mol. The Hall–Kier alpha value is -0.910. The lowest BCUT2D eigenvalue weighted by molar-refractivity contribution is 0.302. The molecule has 2 aromatic rings. The lowest BCUT2D eigenvalue weighted by Crippen LogP contribution is -2.05. The number of hydrogen-bond acceptors (Lipinski definition) is 4. The maximum absolute atomic E-state index is 5.82. The highest BCUT2D eigenvalue weighted by Crippen LogP contribution is 2.24. The third kappa shape index (κ3) is 3.54. The highest BCUT2D eigenvalue weighted by atomic mass is 79.9. The Morgan fingerprint density at radius 2 is 2.28 bits per heavy atom. The van der Waals surface area contributed by atoms with Crippen LogP contribution in [0.1, 0.15) is 16.3 Å². The molecule has 0 aliphatic carbocycles. The number of benzene rings is 1. The summed E-state index contributed by atoms with van der Waals surface area (Å²) in [5.74, 6) is 0.886. The number of halogens is 1. The summed E-state index contributed by atoms with van der Waals surface area (Å²) in [5.41, 5.74) is 7.77. The van der Waals surface area contributed by atoms with Crippen LogP contribution in [0.15, 0.2) is 28.1 Å². The summed E-state index contributed by atoms with van der Waals surface area (Å²) < 4.78 is 6.86. The van der Waals surface area contributed by atoms with Crippen LogP contribution in [-0.4, -0.2) is 11.5 Å². The molecule has 1 aromatic carbocycles. The fraction of sp³-hybridized carbons (Fsp3) is 0.308. The van der Waals surface area contributed by atoms with Crippen molar-refractivity contribution >= 4 is 27.3 Å². The van der Waals surface area contributed by atoms with Crippen molar-refractivity contribution in [2.24, 2.45) is 5.73 Å². The summed E-state index contributed by atoms with van der Waals surface area (Å²) in [6.07, 6.45) is 0.811. The van der Waals surface area contributed by atoms with Gasteiger partial charge in [-0.1, -0.05) is 15.9 Å². The van der Waals surface area contributed by atoms with E-state index >= 15 is 0 Å². The first-order chi connectivity index (χ1) is 8.69. The Kier molecular flexibility index (Phi) is 4.74. The highest BCUT2D eigenvalue weighted by molar-refractivity contribution is 9.10. The summed E-state index contributed by atoms with van der Waals surface area (Å²) >= 11 is 5.08. The minimum absolute atomic E-state index is 0.512. The third-order valence-corrected chi connectivity index (χ3v) is 3.89. The molecule has 2 rings (SSSR count). The first-order valence-corrected chi connectivity index (χ1v) is 7.38. The quantitative estimate of drug-likeness (QED) is 0.917. The molecule has 96 valence electrons. The molecule has 0 aliphatic rings. The fourth-order valence-corrected chi connectivity index (χ4v) is 2.74. The van der Waals surface area contributed by atoms with Crippen LogP contribution in [0.3, 0.4) is 0 Å². The van der Waals surface area contributed by atoms with Gasteiger partial charge in [-0.2, -0.15) is 0 Å². The van der Waals surface area contributed by atoms with Crippen LogP contribution >= 0.6 is 27.3 Å². The van der Waals surface area contributed by atoms with Gasteiger partial charge in [0.1, 0.15) is 17.4 Å². The van der Waals surface area contributed by atoms with Crippen molar-refractivity contribution in [2.45, 2.75) is 20.0 Å². The van der Waals surface area contributed by atoms with Gasteiger partial charge in [0.2, 0.25) is 0 Å². The molecule has 0 spiro atoms. The zero-order valence-electron chi connectivity index (χ0n) is 10.1. The monoisotopic (exact) mass is 326 g/mol. The molecule has 1 aromatic heterocycles. The van der Waals surface area contributed by atoms with Crippen molar-refractivity contribution < 1.29 is 4.74 Å². The smallest absolute Gasteiger partial charge is 0.140 e. The van der Waals surface area contributed by atoms with E-state index in [1.165, 1.54) is 0 Å². The molecule has 18 heavy (non-hydrogen) atoms. The average Bonchev–Trinajstić information content (AvgIpc) is 2.75. The molecule has 0 atom stereocenters. The first-order valence-electron chi connectivity index (χ1n) is 5.71. The fourth-order valence-electron chi connectivity index (χ4n) is 1.65. The molecule has 0 saturated carbocycles. The lowest BCUT2D eigenvalue weighted by Gasteiger charge is -2.10. The molecule has 0 fully saturated rings. The van der Waals surface area contributed by atoms with Crippen LogP contribution < -0.4 is 10.5 Å². The van der Waals surface area contributed by atoms with Crippen LogP contribution in [0.5, 0.6) is 5.75 Å². The molecule has 1 heterocycles. The van der Waals surface area contributed by atoms with Gasteiger partial charge in [0.15, 0.2) is 0 Å². The van der Waals surface area contributed by atoms with Crippen molar-refractivity contribution in [2.75, 3.05) is 6.54 Å². The molecule has 0 amide bonds. The number of aryl methyl sites for hydroxylation is 1. The van der Waals surface area contributed by atoms with E-state index in [2.05, 4.69) is 27.0 Å². The van der Waals surface area contributed by atoms with Gasteiger partial charge in [0.25, 0.3) is 0 Å². The van der Waals surface area contributed by atoms with E-state index in [0.29, 0.717) is 13.2 Å². The third-order valence-electron chi connectivity index (χ3n) is 2.45. The minimum atomic E-state index is 0.512. The Bertz CT molecular complexity index is 527. The maximum atomic E-state index is 5.82. The average molecular weight is 327 g/mol. The maximum Gasteiger partial charge on any atom is 0.140 e. The van der Waals surface area contributed by atoms with Gasteiger partial charge in [-0.05, 0) is 43.7 Å². The van der Waals surface area contributed by atoms with E-state index in [0.717, 1.165) is 32.9 Å². The second-order valence-electron chi connectivity index (χ2n) is 3.96. The van der Waals surface area contributed by atoms with E-state index in [1.54, 1.807) is 11.3 Å². The van der Waals surface area contributed by atoms with E-state index in [-0.39, 0.29) is 0 Å². The van der Waals surface area contributed by atoms with Crippen molar-refractivity contribution in [1.82, 2.24) is 4.98 Å². The van der Waals surface area contributed by atoms with Crippen molar-refractivity contribution in [1.29, 1.82) is 0 Å². The summed E-state index contributed by atoms with van der Waals surface area (Å²) in [5, 5.41) is 3.02. The van der Waals surface area contributed by atoms with Gasteiger partial charge in [0.05, 0.1) is 0 Å². The van der Waals surface area contributed by atoms with Gasteiger partial charge < -0.3 is 10.5 Å². The van der Waals surface area contributed by atoms with Gasteiger partial charge in [0, 0.05) is 15.5 Å². The first kappa shape index (κ1) is 13.5. The number of nitrogens with two attached hydrogens (primary N) is 1. The SMILES string of the molecule is Cc1csc(COc2ccc(Br)cc2CCN)n1. The Morgan fingerprint density at radius 3 is 2.94 bits per heavy atom. The lowest BCUT2D eigenvalue weighted by atomic mass is 10.1. The predicted octanol–water partition coefficient (Wildman–Crippen LogP) is 3.29. The van der Waals surface area contributed by atoms with E-state index in [9.17, 15) is 0 Å². The van der Waals surface area contributed by atoms with Crippen molar-refractivity contribution in [3.63, 3.8) is 0 Å². The van der Waals surface area contributed by atoms with Crippen LogP contribution in [0.2, 0.25) is 0 Å². The van der Waals surface area contributed by atoms with Crippen LogP contribution in [0.4, 0.5) is 0 Å². The Morgan fingerprint density at radius 1 is 1.44 bits per heavy atom. The molecule has 0 saturated heterocycles. The molecule has 5 heteroatoms. The molecule has 3 nitrogen and oxygen atoms in total. The molecule has 0 bridgehead atoms. The topological polar surface area (TPSA) is 48.1 Å². The van der Waals surface area contributed by atoms with Crippen LogP contribution in [0, 0.1) is 6.92 Å². The van der Waals surface area contributed by atoms with Crippen LogP contribution in [0.25, 0.3) is 0 Å². The highest BCUT2D eigenvalue weighted by Gasteiger charge is 2.06. The number of rotatable bonds is 5. The number of thiazole rings is 1. The Balaban J connectivity index is 2.08. The normalized spacial score (nSPS) is 10.6. The summed E-state index contributed by atoms with van der Waals surface area (Å²) in [6.45, 7) is 3.11. The van der Waals surface area contributed by atoms with Gasteiger partial charge in [-0.3, -0.25) is 0 Å². The molecule has 0 unspecified atom stereocenters. The number of nitrogens with zero attached hydrogens (tertiary/aromatic N) is 1. The Labute approximate surface area is 119 Å². The molecule has 0 radical (unpaired) electrons. The molecule has 2 N–H and O–H groups in total. The molecule has 0 aliphatic heterocycles. The van der Waals surface area contributed by atoms with Crippen molar-refractivity contribution in [3.05, 3.63) is 44.3 Å². The minimum Gasteiger partial charge on any atom is -0.486 e. The van der Waals surface area contributed by atoms with Gasteiger partial charge in [-0.15, -0.1) is 11.3 Å². The number of hydrogen-bond donors (Lipinski definition) is 1. The van der Waals surface area contributed by atoms with Gasteiger partial charge in [-0.25, -0.2) is 4.98 Å². The summed E-state index contributed by atoms with van der Waals surface area (Å²) in [7, 11) is 0. The van der Waals surface area contributed by atoms with Crippen LogP contribution in [-0.2, 0) is 13.0 Å². The van der Waals surface area contributed by atoms with E-state index in [4.69, 9.17) is 10.5 Å². The zero-order chi connectivity index (χ0) is 13.0. The zero-order valence-corrected chi connectivity index (χ0v) is 12.6. The summed E-state index contributed by atoms with van der Waals surface area (Å²) in [6, 6.07) is 5.99. The number of ether oxygens (including phenoxy) is 1. The van der Waals surface area contributed by atoms with Crippen molar-refractivity contribution in [3.8, 4) is 5.75 Å². The van der Waals surface area contributed by atoms with E-state index < -0.39 is 0 Å². The number of aromatic nitrogens is 1. The second kappa shape index (κ2) is 6.31. The standard InChI is InChI=1S/C13H15BrN2OS/c1-9-8-18-13(16-9)7-17-12-3-2-11(14)6-10(12)4-5-15/h2-3,6,8H,4-5,7,15H2,1H3. The predicted molar refractivity (Wildman–Crippen MR) is 78.1 cm³/mol. The largest absolute Gasteiger partial charge is 0.486 e. The van der Waals surface area contributed by atoms with E-state index in [1.807, 2.05) is 24.4 Å². The summed E-state index contributed by atoms with van der Waals surface area (Å²) in [4.78, 5) is 4.38. The molecular formula is C13H15BrN2OS. The van der Waals surface area contributed by atoms with Gasteiger partial charge >= 0.3 is 0 Å².